The lowest BCUT2D eigenvalue weighted by molar-refractivity contribution is -0.123. The quantitative estimate of drug-likeness (QED) is 0.457. The van der Waals surface area contributed by atoms with Gasteiger partial charge in [0.1, 0.15) is 0 Å². The number of fused-ring (bicyclic) bond motifs is 1. The molecule has 0 radical (unpaired) electrons. The number of benzene rings is 2. The van der Waals surface area contributed by atoms with Gasteiger partial charge >= 0.3 is 0 Å². The van der Waals surface area contributed by atoms with E-state index in [4.69, 9.17) is 9.84 Å². The molecule has 0 aliphatic rings. The van der Waals surface area contributed by atoms with E-state index in [-0.39, 0.29) is 18.6 Å². The van der Waals surface area contributed by atoms with Crippen molar-refractivity contribution >= 4 is 16.9 Å². The highest BCUT2D eigenvalue weighted by Gasteiger charge is 2.16. The standard InChI is InChI=1S/C26H28N4O2/c1-5-20-11-13-22(14-12-20)30-26-25(19(4)29-30)17(2)15-24(28-26)32-16-23(31)27-18(3)21-9-7-6-8-10-21/h6-15,18H,5,16H2,1-4H3,(H,27,31)/t18-/m0/s1. The molecule has 1 amide bonds. The number of amides is 1. The maximum atomic E-state index is 12.4. The Morgan fingerprint density at radius 3 is 2.50 bits per heavy atom. The number of nitrogens with zero attached hydrogens (tertiary/aromatic N) is 3. The molecule has 2 aromatic carbocycles. The van der Waals surface area contributed by atoms with Crippen LogP contribution in [0.1, 0.15) is 42.3 Å². The Bertz CT molecular complexity index is 1230. The molecule has 2 aromatic heterocycles. The van der Waals surface area contributed by atoms with Gasteiger partial charge in [-0.3, -0.25) is 4.79 Å². The highest BCUT2D eigenvalue weighted by molar-refractivity contribution is 5.84. The fraction of sp³-hybridized carbons (Fsp3) is 0.269. The van der Waals surface area contributed by atoms with Gasteiger partial charge in [-0.05, 0) is 56.0 Å². The van der Waals surface area contributed by atoms with Crippen molar-refractivity contribution in [3.05, 3.63) is 83.0 Å². The fourth-order valence-electron chi connectivity index (χ4n) is 3.85. The molecule has 164 valence electrons. The number of carbonyl (C=O) groups is 1. The zero-order chi connectivity index (χ0) is 22.7. The lowest BCUT2D eigenvalue weighted by Crippen LogP contribution is -2.31. The van der Waals surface area contributed by atoms with Gasteiger partial charge in [-0.1, -0.05) is 49.4 Å². The van der Waals surface area contributed by atoms with Crippen LogP contribution in [0.25, 0.3) is 16.7 Å². The van der Waals surface area contributed by atoms with E-state index in [0.29, 0.717) is 5.88 Å². The first-order valence-corrected chi connectivity index (χ1v) is 10.9. The van der Waals surface area contributed by atoms with E-state index in [1.165, 1.54) is 5.56 Å². The summed E-state index contributed by atoms with van der Waals surface area (Å²) in [7, 11) is 0. The fourth-order valence-corrected chi connectivity index (χ4v) is 3.85. The Kier molecular flexibility index (Phi) is 6.21. The highest BCUT2D eigenvalue weighted by Crippen LogP contribution is 2.27. The number of pyridine rings is 1. The third kappa shape index (κ3) is 4.49. The predicted molar refractivity (Wildman–Crippen MR) is 126 cm³/mol. The average Bonchev–Trinajstić information content (AvgIpc) is 3.15. The number of aryl methyl sites for hydroxylation is 3. The minimum Gasteiger partial charge on any atom is -0.468 e. The van der Waals surface area contributed by atoms with E-state index in [1.807, 2.05) is 74.0 Å². The normalized spacial score (nSPS) is 12.0. The largest absolute Gasteiger partial charge is 0.468 e. The molecule has 0 aliphatic heterocycles. The summed E-state index contributed by atoms with van der Waals surface area (Å²) >= 11 is 0. The number of hydrogen-bond acceptors (Lipinski definition) is 4. The van der Waals surface area contributed by atoms with Crippen LogP contribution in [-0.2, 0) is 11.2 Å². The number of rotatable bonds is 7. The Morgan fingerprint density at radius 2 is 1.81 bits per heavy atom. The van der Waals surface area contributed by atoms with Gasteiger partial charge in [-0.15, -0.1) is 0 Å². The summed E-state index contributed by atoms with van der Waals surface area (Å²) in [6, 6.07) is 19.9. The predicted octanol–water partition coefficient (Wildman–Crippen LogP) is 4.86. The maximum Gasteiger partial charge on any atom is 0.258 e. The topological polar surface area (TPSA) is 69.0 Å². The van der Waals surface area contributed by atoms with Crippen molar-refractivity contribution in [3.63, 3.8) is 0 Å². The van der Waals surface area contributed by atoms with E-state index in [9.17, 15) is 4.79 Å². The molecule has 6 heteroatoms. The number of carbonyl (C=O) groups excluding carboxylic acids is 1. The molecule has 0 bridgehead atoms. The summed E-state index contributed by atoms with van der Waals surface area (Å²) in [5.41, 5.74) is 5.90. The molecule has 4 rings (SSSR count). The molecule has 0 spiro atoms. The molecule has 4 aromatic rings. The molecule has 2 heterocycles. The van der Waals surface area contributed by atoms with Crippen molar-refractivity contribution in [1.82, 2.24) is 20.1 Å². The van der Waals surface area contributed by atoms with Crippen LogP contribution in [0.4, 0.5) is 0 Å². The van der Waals surface area contributed by atoms with Crippen molar-refractivity contribution in [2.75, 3.05) is 6.61 Å². The number of nitrogens with one attached hydrogen (secondary N) is 1. The lowest BCUT2D eigenvalue weighted by atomic mass is 10.1. The van der Waals surface area contributed by atoms with Crippen LogP contribution in [0.15, 0.2) is 60.7 Å². The number of aromatic nitrogens is 3. The Balaban J connectivity index is 1.54. The van der Waals surface area contributed by atoms with Crippen molar-refractivity contribution < 1.29 is 9.53 Å². The zero-order valence-electron chi connectivity index (χ0n) is 18.9. The van der Waals surface area contributed by atoms with Crippen molar-refractivity contribution in [1.29, 1.82) is 0 Å². The first kappa shape index (κ1) is 21.6. The van der Waals surface area contributed by atoms with Crippen LogP contribution in [0, 0.1) is 13.8 Å². The van der Waals surface area contributed by atoms with E-state index >= 15 is 0 Å². The molecule has 0 aliphatic carbocycles. The molecule has 6 nitrogen and oxygen atoms in total. The van der Waals surface area contributed by atoms with Gasteiger partial charge in [0.2, 0.25) is 5.88 Å². The van der Waals surface area contributed by atoms with E-state index in [0.717, 1.165) is 40.0 Å². The summed E-state index contributed by atoms with van der Waals surface area (Å²) in [5, 5.41) is 8.67. The third-order valence-corrected chi connectivity index (χ3v) is 5.60. The third-order valence-electron chi connectivity index (χ3n) is 5.60. The summed E-state index contributed by atoms with van der Waals surface area (Å²) in [4.78, 5) is 17.1. The van der Waals surface area contributed by atoms with Gasteiger partial charge < -0.3 is 10.1 Å². The minimum atomic E-state index is -0.194. The first-order chi connectivity index (χ1) is 15.5. The van der Waals surface area contributed by atoms with E-state index in [2.05, 4.69) is 29.4 Å². The van der Waals surface area contributed by atoms with Gasteiger partial charge in [0.05, 0.1) is 17.4 Å². The summed E-state index contributed by atoms with van der Waals surface area (Å²) in [6.45, 7) is 7.97. The average molecular weight is 429 g/mol. The summed E-state index contributed by atoms with van der Waals surface area (Å²) < 4.78 is 7.60. The Hall–Kier alpha value is -3.67. The molecule has 0 fully saturated rings. The van der Waals surface area contributed by atoms with Gasteiger partial charge in [0, 0.05) is 11.5 Å². The Labute approximate surface area is 188 Å². The second-order valence-electron chi connectivity index (χ2n) is 7.98. The monoisotopic (exact) mass is 428 g/mol. The molecular formula is C26H28N4O2. The molecule has 0 saturated carbocycles. The smallest absolute Gasteiger partial charge is 0.258 e. The number of ether oxygens (including phenoxy) is 1. The minimum absolute atomic E-state index is 0.0975. The second kappa shape index (κ2) is 9.22. The zero-order valence-corrected chi connectivity index (χ0v) is 18.9. The first-order valence-electron chi connectivity index (χ1n) is 10.9. The van der Waals surface area contributed by atoms with Crippen LogP contribution < -0.4 is 10.1 Å². The van der Waals surface area contributed by atoms with Gasteiger partial charge in [0.15, 0.2) is 12.3 Å². The summed E-state index contributed by atoms with van der Waals surface area (Å²) in [6.07, 6.45) is 0.986. The maximum absolute atomic E-state index is 12.4. The van der Waals surface area contributed by atoms with Crippen molar-refractivity contribution in [2.24, 2.45) is 0 Å². The van der Waals surface area contributed by atoms with Crippen molar-refractivity contribution in [2.45, 2.75) is 40.2 Å². The molecule has 1 atom stereocenters. The van der Waals surface area contributed by atoms with Gasteiger partial charge in [0.25, 0.3) is 5.91 Å². The summed E-state index contributed by atoms with van der Waals surface area (Å²) in [5.74, 6) is 0.213. The highest BCUT2D eigenvalue weighted by atomic mass is 16.5. The van der Waals surface area contributed by atoms with Crippen LogP contribution >= 0.6 is 0 Å². The lowest BCUT2D eigenvalue weighted by Gasteiger charge is -2.14. The second-order valence-corrected chi connectivity index (χ2v) is 7.98. The van der Waals surface area contributed by atoms with Crippen molar-refractivity contribution in [3.8, 4) is 11.6 Å². The van der Waals surface area contributed by atoms with Gasteiger partial charge in [-0.25, -0.2) is 4.68 Å². The van der Waals surface area contributed by atoms with Gasteiger partial charge in [-0.2, -0.15) is 10.1 Å². The SMILES string of the molecule is CCc1ccc(-n2nc(C)c3c(C)cc(OCC(=O)N[C@@H](C)c4ccccc4)nc32)cc1. The molecular weight excluding hydrogens is 400 g/mol. The van der Waals surface area contributed by atoms with Crippen LogP contribution in [-0.4, -0.2) is 27.3 Å². The van der Waals surface area contributed by atoms with Crippen LogP contribution in [0.2, 0.25) is 0 Å². The Morgan fingerprint density at radius 1 is 1.09 bits per heavy atom. The van der Waals surface area contributed by atoms with E-state index < -0.39 is 0 Å². The molecule has 0 saturated heterocycles. The van der Waals surface area contributed by atoms with E-state index in [1.54, 1.807) is 0 Å². The van der Waals surface area contributed by atoms with Crippen LogP contribution in [0.3, 0.4) is 0 Å². The van der Waals surface area contributed by atoms with Crippen LogP contribution in [0.5, 0.6) is 5.88 Å². The number of hydrogen-bond donors (Lipinski definition) is 1. The molecule has 0 unspecified atom stereocenters. The molecule has 32 heavy (non-hydrogen) atoms. The molecule has 1 N–H and O–H groups in total.